The van der Waals surface area contributed by atoms with Crippen LogP contribution in [0.2, 0.25) is 0 Å². The minimum atomic E-state index is 0.766. The first-order valence-electron chi connectivity index (χ1n) is 3.54. The fourth-order valence-corrected chi connectivity index (χ4v) is 2.08. The van der Waals surface area contributed by atoms with Crippen LogP contribution in [0.15, 0.2) is 16.1 Å². The topological polar surface area (TPSA) is 12.4 Å². The first kappa shape index (κ1) is 9.49. The zero-order valence-electron chi connectivity index (χ0n) is 7.10. The lowest BCUT2D eigenvalue weighted by Crippen LogP contribution is -1.62. The molecule has 1 heterocycles. The van der Waals surface area contributed by atoms with E-state index in [1.54, 1.807) is 11.3 Å². The Balaban J connectivity index is 3.13. The van der Waals surface area contributed by atoms with Gasteiger partial charge >= 0.3 is 0 Å². The van der Waals surface area contributed by atoms with E-state index < -0.39 is 0 Å². The van der Waals surface area contributed by atoms with E-state index in [1.165, 1.54) is 4.88 Å². The minimum absolute atomic E-state index is 0.766. The number of nitrogens with zero attached hydrogens (tertiary/aromatic N) is 1. The number of hydrogen-bond donors (Lipinski definition) is 0. The van der Waals surface area contributed by atoms with Crippen molar-refractivity contribution in [3.8, 4) is 0 Å². The Bertz CT molecular complexity index is 321. The van der Waals surface area contributed by atoms with Gasteiger partial charge in [0.05, 0.1) is 10.6 Å². The number of thiophene rings is 1. The lowest BCUT2D eigenvalue weighted by atomic mass is 10.3. The molecule has 3 heteroatoms. The molecule has 0 aromatic carbocycles. The molecule has 1 rings (SSSR count). The predicted molar refractivity (Wildman–Crippen MR) is 57.8 cm³/mol. The number of hydrogen-bond acceptors (Lipinski definition) is 2. The molecule has 0 aliphatic carbocycles. The first-order valence-corrected chi connectivity index (χ1v) is 4.74. The van der Waals surface area contributed by atoms with Crippen molar-refractivity contribution in [3.05, 3.63) is 20.9 Å². The number of aliphatic imine (C=N–C) groups is 1. The van der Waals surface area contributed by atoms with Crippen LogP contribution in [-0.2, 0) is 0 Å². The van der Waals surface area contributed by atoms with E-state index in [-0.39, 0.29) is 0 Å². The number of aryl methyl sites for hydroxylation is 1. The Hall–Kier alpha value is -0.600. The van der Waals surface area contributed by atoms with Crippen molar-refractivity contribution in [1.82, 2.24) is 0 Å². The van der Waals surface area contributed by atoms with Gasteiger partial charge in [-0.3, -0.25) is 4.99 Å². The molecule has 1 aromatic heterocycles. The van der Waals surface area contributed by atoms with Gasteiger partial charge in [-0.05, 0) is 32.7 Å². The highest BCUT2D eigenvalue weighted by atomic mass is 35.5. The SMILES string of the molecule is C=Nc1cc(C)sc1/C=C(\C)Cl. The largest absolute Gasteiger partial charge is 0.263 e. The zero-order valence-corrected chi connectivity index (χ0v) is 8.67. The summed E-state index contributed by atoms with van der Waals surface area (Å²) in [7, 11) is 0. The molecule has 12 heavy (non-hydrogen) atoms. The lowest BCUT2D eigenvalue weighted by molar-refractivity contribution is 1.56. The van der Waals surface area contributed by atoms with E-state index in [9.17, 15) is 0 Å². The van der Waals surface area contributed by atoms with Crippen molar-refractivity contribution in [1.29, 1.82) is 0 Å². The molecule has 0 saturated carbocycles. The maximum atomic E-state index is 5.76. The summed E-state index contributed by atoms with van der Waals surface area (Å²) in [5.74, 6) is 0. The average Bonchev–Trinajstić information content (AvgIpc) is 2.29. The van der Waals surface area contributed by atoms with Gasteiger partial charge in [-0.25, -0.2) is 0 Å². The molecular weight excluding hydrogens is 190 g/mol. The zero-order chi connectivity index (χ0) is 9.14. The van der Waals surface area contributed by atoms with Crippen molar-refractivity contribution in [2.24, 2.45) is 4.99 Å². The van der Waals surface area contributed by atoms with Crippen LogP contribution >= 0.6 is 22.9 Å². The van der Waals surface area contributed by atoms with Crippen molar-refractivity contribution < 1.29 is 0 Å². The van der Waals surface area contributed by atoms with Crippen LogP contribution in [0, 0.1) is 6.92 Å². The second kappa shape index (κ2) is 3.87. The summed E-state index contributed by atoms with van der Waals surface area (Å²) in [5, 5.41) is 0.766. The molecule has 0 atom stereocenters. The number of halogens is 1. The summed E-state index contributed by atoms with van der Waals surface area (Å²) >= 11 is 7.43. The van der Waals surface area contributed by atoms with Gasteiger partial charge in [0, 0.05) is 9.91 Å². The Labute approximate surface area is 81.4 Å². The molecule has 0 N–H and O–H groups in total. The van der Waals surface area contributed by atoms with Gasteiger partial charge in [0.1, 0.15) is 0 Å². The third kappa shape index (κ3) is 2.19. The molecule has 0 saturated heterocycles. The molecule has 0 bridgehead atoms. The van der Waals surface area contributed by atoms with Gasteiger partial charge in [-0.1, -0.05) is 11.6 Å². The van der Waals surface area contributed by atoms with E-state index in [4.69, 9.17) is 11.6 Å². The number of rotatable bonds is 2. The van der Waals surface area contributed by atoms with Gasteiger partial charge in [0.2, 0.25) is 0 Å². The predicted octanol–water partition coefficient (Wildman–Crippen LogP) is 3.99. The monoisotopic (exact) mass is 199 g/mol. The van der Waals surface area contributed by atoms with E-state index >= 15 is 0 Å². The van der Waals surface area contributed by atoms with Gasteiger partial charge in [0.15, 0.2) is 0 Å². The van der Waals surface area contributed by atoms with Gasteiger partial charge in [-0.15, -0.1) is 11.3 Å². The average molecular weight is 200 g/mol. The van der Waals surface area contributed by atoms with Crippen molar-refractivity contribution in [2.75, 3.05) is 0 Å². The third-order valence-electron chi connectivity index (χ3n) is 1.36. The highest BCUT2D eigenvalue weighted by Crippen LogP contribution is 2.31. The van der Waals surface area contributed by atoms with Crippen LogP contribution in [-0.4, -0.2) is 6.72 Å². The smallest absolute Gasteiger partial charge is 0.0805 e. The van der Waals surface area contributed by atoms with Crippen molar-refractivity contribution in [2.45, 2.75) is 13.8 Å². The fourth-order valence-electron chi connectivity index (χ4n) is 0.926. The minimum Gasteiger partial charge on any atom is -0.263 e. The molecule has 1 nitrogen and oxygen atoms in total. The summed E-state index contributed by atoms with van der Waals surface area (Å²) in [6, 6.07) is 2.00. The molecule has 0 aliphatic rings. The Morgan fingerprint density at radius 1 is 1.75 bits per heavy atom. The maximum absolute atomic E-state index is 5.76. The normalized spacial score (nSPS) is 11.8. The summed E-state index contributed by atoms with van der Waals surface area (Å²) in [6.07, 6.45) is 1.91. The molecule has 0 radical (unpaired) electrons. The van der Waals surface area contributed by atoms with Gasteiger partial charge in [-0.2, -0.15) is 0 Å². The highest BCUT2D eigenvalue weighted by Gasteiger charge is 2.01. The molecule has 1 aromatic rings. The van der Waals surface area contributed by atoms with Crippen LogP contribution in [0.5, 0.6) is 0 Å². The molecule has 0 aliphatic heterocycles. The van der Waals surface area contributed by atoms with Gasteiger partial charge < -0.3 is 0 Å². The van der Waals surface area contributed by atoms with E-state index in [1.807, 2.05) is 26.0 Å². The van der Waals surface area contributed by atoms with Gasteiger partial charge in [0.25, 0.3) is 0 Å². The standard InChI is InChI=1S/C9H10ClNS/c1-6(10)4-9-8(11-3)5-7(2)12-9/h4-5H,3H2,1-2H3/b6-4+. The molecular formula is C9H10ClNS. The summed E-state index contributed by atoms with van der Waals surface area (Å²) in [4.78, 5) is 6.20. The number of allylic oxidation sites excluding steroid dienone is 1. The van der Waals surface area contributed by atoms with Crippen LogP contribution in [0.1, 0.15) is 16.7 Å². The van der Waals surface area contributed by atoms with E-state index in [0.717, 1.165) is 15.6 Å². The quantitative estimate of drug-likeness (QED) is 0.639. The van der Waals surface area contributed by atoms with Crippen molar-refractivity contribution in [3.63, 3.8) is 0 Å². The molecule has 0 amide bonds. The lowest BCUT2D eigenvalue weighted by Gasteiger charge is -1.89. The van der Waals surface area contributed by atoms with Crippen LogP contribution in [0.3, 0.4) is 0 Å². The maximum Gasteiger partial charge on any atom is 0.0805 e. The molecule has 0 fully saturated rings. The summed E-state index contributed by atoms with van der Waals surface area (Å²) < 4.78 is 0. The summed E-state index contributed by atoms with van der Waals surface area (Å²) in [6.45, 7) is 7.39. The molecule has 0 unspecified atom stereocenters. The Morgan fingerprint density at radius 2 is 2.42 bits per heavy atom. The van der Waals surface area contributed by atoms with Crippen LogP contribution in [0.25, 0.3) is 6.08 Å². The van der Waals surface area contributed by atoms with Crippen LogP contribution < -0.4 is 0 Å². The second-order valence-electron chi connectivity index (χ2n) is 2.50. The van der Waals surface area contributed by atoms with Crippen molar-refractivity contribution >= 4 is 41.4 Å². The first-order chi connectivity index (χ1) is 5.63. The second-order valence-corrected chi connectivity index (χ2v) is 4.38. The molecule has 64 valence electrons. The summed E-state index contributed by atoms with van der Waals surface area (Å²) in [5.41, 5.74) is 0.914. The Morgan fingerprint density at radius 3 is 2.92 bits per heavy atom. The fraction of sp³-hybridized carbons (Fsp3) is 0.222. The van der Waals surface area contributed by atoms with E-state index in [2.05, 4.69) is 11.7 Å². The highest BCUT2D eigenvalue weighted by molar-refractivity contribution is 7.13. The Kier molecular flexibility index (Phi) is 3.06. The molecule has 0 spiro atoms. The van der Waals surface area contributed by atoms with E-state index in [0.29, 0.717) is 0 Å². The third-order valence-corrected chi connectivity index (χ3v) is 2.46. The van der Waals surface area contributed by atoms with Crippen LogP contribution in [0.4, 0.5) is 5.69 Å².